The first-order valence-corrected chi connectivity index (χ1v) is 9.57. The molecule has 4 rings (SSSR count). The van der Waals surface area contributed by atoms with Gasteiger partial charge < -0.3 is 11.5 Å². The van der Waals surface area contributed by atoms with Crippen LogP contribution in [-0.2, 0) is 13.6 Å². The van der Waals surface area contributed by atoms with Crippen molar-refractivity contribution < 1.29 is 13.6 Å². The summed E-state index contributed by atoms with van der Waals surface area (Å²) in [5, 5.41) is 0. The van der Waals surface area contributed by atoms with Crippen molar-refractivity contribution >= 4 is 20.4 Å². The summed E-state index contributed by atoms with van der Waals surface area (Å²) in [5.41, 5.74) is 14.1. The zero-order valence-electron chi connectivity index (χ0n) is 14.3. The van der Waals surface area contributed by atoms with Crippen molar-refractivity contribution in [2.75, 3.05) is 13.1 Å². The van der Waals surface area contributed by atoms with Gasteiger partial charge in [-0.3, -0.25) is 0 Å². The van der Waals surface area contributed by atoms with Gasteiger partial charge in [-0.05, 0) is 34.4 Å². The fourth-order valence-corrected chi connectivity index (χ4v) is 3.62. The summed E-state index contributed by atoms with van der Waals surface area (Å²) < 4.78 is 23.4. The van der Waals surface area contributed by atoms with Gasteiger partial charge >= 0.3 is 8.25 Å². The van der Waals surface area contributed by atoms with Gasteiger partial charge in [0.1, 0.15) is 0 Å². The molecule has 6 heteroatoms. The van der Waals surface area contributed by atoms with Crippen LogP contribution in [0.15, 0.2) is 60.7 Å². The monoisotopic (exact) mass is 369 g/mol. The van der Waals surface area contributed by atoms with E-state index in [1.807, 2.05) is 72.8 Å². The molecule has 2 atom stereocenters. The first-order valence-electron chi connectivity index (χ1n) is 8.48. The zero-order chi connectivity index (χ0) is 18.4. The van der Waals surface area contributed by atoms with Crippen LogP contribution in [0.5, 0.6) is 0 Å². The molecule has 2 unspecified atom stereocenters. The molecule has 2 aliphatic carbocycles. The van der Waals surface area contributed by atoms with Crippen molar-refractivity contribution in [2.24, 2.45) is 11.5 Å². The van der Waals surface area contributed by atoms with Gasteiger partial charge in [-0.25, -0.2) is 0 Å². The molecule has 5 nitrogen and oxygen atoms in total. The molecule has 0 aliphatic heterocycles. The molecule has 0 bridgehead atoms. The van der Waals surface area contributed by atoms with Gasteiger partial charge in [0.2, 0.25) is 0 Å². The number of rotatable bonds is 5. The Labute approximate surface area is 154 Å². The van der Waals surface area contributed by atoms with Crippen LogP contribution in [0, 0.1) is 0 Å². The molecule has 2 aromatic carbocycles. The fraction of sp³-hybridized carbons (Fsp3) is 0.200. The highest BCUT2D eigenvalue weighted by atomic mass is 31.1. The van der Waals surface area contributed by atoms with Crippen LogP contribution in [0.4, 0.5) is 0 Å². The van der Waals surface area contributed by atoms with E-state index in [9.17, 15) is 4.57 Å². The summed E-state index contributed by atoms with van der Waals surface area (Å²) in [7, 11) is -2.20. The average Bonchev–Trinajstić information content (AvgIpc) is 3.27. The van der Waals surface area contributed by atoms with Gasteiger partial charge in [-0.1, -0.05) is 60.7 Å². The summed E-state index contributed by atoms with van der Waals surface area (Å²) in [6, 6.07) is 15.8. The molecule has 0 amide bonds. The van der Waals surface area contributed by atoms with E-state index in [0.29, 0.717) is 13.1 Å². The van der Waals surface area contributed by atoms with Crippen molar-refractivity contribution in [3.63, 3.8) is 0 Å². The van der Waals surface area contributed by atoms with Crippen LogP contribution < -0.4 is 11.5 Å². The number of benzene rings is 2. The Hall–Kier alpha value is -2.14. The van der Waals surface area contributed by atoms with E-state index in [-0.39, 0.29) is 12.2 Å². The molecule has 0 spiro atoms. The van der Waals surface area contributed by atoms with Crippen LogP contribution in [0.25, 0.3) is 12.2 Å². The summed E-state index contributed by atoms with van der Waals surface area (Å²) >= 11 is 0. The molecule has 0 saturated heterocycles. The molecule has 2 aliphatic rings. The van der Waals surface area contributed by atoms with Crippen LogP contribution in [0.2, 0.25) is 0 Å². The lowest BCUT2D eigenvalue weighted by molar-refractivity contribution is 0.173. The molecular weight excluding hydrogens is 347 g/mol. The first-order chi connectivity index (χ1) is 12.7. The van der Waals surface area contributed by atoms with E-state index in [0.717, 1.165) is 22.3 Å². The van der Waals surface area contributed by atoms with Crippen LogP contribution in [-0.4, -0.2) is 13.1 Å². The molecule has 4 N–H and O–H groups in total. The maximum atomic E-state index is 12.2. The number of hydrogen-bond donors (Lipinski definition) is 2. The highest BCUT2D eigenvalue weighted by molar-refractivity contribution is 7.33. The second-order valence-corrected chi connectivity index (χ2v) is 6.70. The Bertz CT molecular complexity index is 768. The van der Waals surface area contributed by atoms with Crippen LogP contribution in [0.1, 0.15) is 34.5 Å². The summed E-state index contributed by atoms with van der Waals surface area (Å²) in [4.78, 5) is 0. The molecule has 2 aromatic rings. The normalized spacial score (nSPS) is 19.5. The average molecular weight is 369 g/mol. The largest absolute Gasteiger partial charge is 0.699 e. The summed E-state index contributed by atoms with van der Waals surface area (Å²) in [6.45, 7) is 1.19. The van der Waals surface area contributed by atoms with Gasteiger partial charge in [0, 0.05) is 17.7 Å². The van der Waals surface area contributed by atoms with Crippen LogP contribution >= 0.6 is 8.25 Å². The lowest BCUT2D eigenvalue weighted by Gasteiger charge is -2.06. The maximum Gasteiger partial charge on any atom is 0.699 e. The smallest absolute Gasteiger partial charge is 0.329 e. The second kappa shape index (κ2) is 8.99. The van der Waals surface area contributed by atoms with E-state index in [1.54, 1.807) is 0 Å². The predicted molar refractivity (Wildman–Crippen MR) is 104 cm³/mol. The summed E-state index contributed by atoms with van der Waals surface area (Å²) in [5.74, 6) is 0. The van der Waals surface area contributed by atoms with Crippen LogP contribution in [0.3, 0.4) is 0 Å². The van der Waals surface area contributed by atoms with E-state index < -0.39 is 8.25 Å². The Balaban J connectivity index is 0.000000447. The Morgan fingerprint density at radius 3 is 1.62 bits per heavy atom. The van der Waals surface area contributed by atoms with Crippen molar-refractivity contribution in [3.8, 4) is 0 Å². The Morgan fingerprint density at radius 2 is 1.19 bits per heavy atom. The Kier molecular flexibility index (Phi) is 6.45. The lowest BCUT2D eigenvalue weighted by atomic mass is 10.1. The molecule has 26 heavy (non-hydrogen) atoms. The van der Waals surface area contributed by atoms with Gasteiger partial charge in [0.05, 0.1) is 0 Å². The molecule has 0 radical (unpaired) electrons. The summed E-state index contributed by atoms with van der Waals surface area (Å²) in [6.07, 6.45) is 7.15. The Morgan fingerprint density at radius 1 is 0.769 bits per heavy atom. The zero-order valence-corrected chi connectivity index (χ0v) is 15.2. The van der Waals surface area contributed by atoms with Crippen molar-refractivity contribution in [1.82, 2.24) is 0 Å². The lowest BCUT2D eigenvalue weighted by Crippen LogP contribution is -2.11. The van der Waals surface area contributed by atoms with Gasteiger partial charge in [-0.15, -0.1) is 9.05 Å². The van der Waals surface area contributed by atoms with E-state index in [1.165, 1.54) is 0 Å². The number of nitrogens with two attached hydrogens (primary N) is 2. The van der Waals surface area contributed by atoms with Crippen molar-refractivity contribution in [3.05, 3.63) is 82.9 Å². The predicted octanol–water partition coefficient (Wildman–Crippen LogP) is 4.12. The third kappa shape index (κ3) is 4.33. The minimum Gasteiger partial charge on any atom is -0.329 e. The molecule has 134 valence electrons. The van der Waals surface area contributed by atoms with E-state index in [2.05, 4.69) is 0 Å². The highest BCUT2D eigenvalue weighted by Crippen LogP contribution is 2.44. The van der Waals surface area contributed by atoms with Gasteiger partial charge in [0.25, 0.3) is 0 Å². The van der Waals surface area contributed by atoms with Gasteiger partial charge in [0.15, 0.2) is 12.2 Å². The van der Waals surface area contributed by atoms with Gasteiger partial charge in [-0.2, -0.15) is 0 Å². The molecule has 0 heterocycles. The fourth-order valence-electron chi connectivity index (χ4n) is 2.83. The highest BCUT2D eigenvalue weighted by Gasteiger charge is 2.35. The molecule has 0 fully saturated rings. The molecule has 0 saturated carbocycles. The molecule has 0 aromatic heterocycles. The second-order valence-electron chi connectivity index (χ2n) is 5.83. The first kappa shape index (κ1) is 18.6. The quantitative estimate of drug-likeness (QED) is 0.774. The maximum absolute atomic E-state index is 12.2. The van der Waals surface area contributed by atoms with Crippen molar-refractivity contribution in [1.29, 1.82) is 0 Å². The van der Waals surface area contributed by atoms with Crippen molar-refractivity contribution in [2.45, 2.75) is 12.2 Å². The minimum atomic E-state index is -2.20. The third-order valence-electron chi connectivity index (χ3n) is 4.07. The number of hydrogen-bond acceptors (Lipinski definition) is 5. The van der Waals surface area contributed by atoms with E-state index >= 15 is 0 Å². The topological polar surface area (TPSA) is 87.6 Å². The molecular formula is C20H22N2O3P+. The third-order valence-corrected chi connectivity index (χ3v) is 4.87. The standard InChI is InChI=1S/C18H14O3P.C2H8N2/c19-22(20-17-11-9-13-5-1-3-7-15(13)17)21-18-12-10-14-6-2-4-8-16(14)18;3-1-2-4/h1-12,17-18H;1-4H2/q+1;. The number of fused-ring (bicyclic) bond motifs is 2. The minimum absolute atomic E-state index is 0.305. The van der Waals surface area contributed by atoms with E-state index in [4.69, 9.17) is 20.5 Å². The SMILES string of the molecule is NCCN.O=[P+](OC1C=Cc2ccccc21)OC1C=Cc2ccccc21.